The third-order valence-corrected chi connectivity index (χ3v) is 3.42. The fraction of sp³-hybridized carbons (Fsp3) is 0.455. The summed E-state index contributed by atoms with van der Waals surface area (Å²) in [6, 6.07) is 1.69. The molecule has 0 aliphatic heterocycles. The van der Waals surface area contributed by atoms with Gasteiger partial charge in [-0.05, 0) is 42.1 Å². The summed E-state index contributed by atoms with van der Waals surface area (Å²) in [4.78, 5) is 12.7. The van der Waals surface area contributed by atoms with E-state index in [4.69, 9.17) is 0 Å². The maximum atomic E-state index is 12.1. The van der Waals surface area contributed by atoms with Gasteiger partial charge in [-0.1, -0.05) is 0 Å². The van der Waals surface area contributed by atoms with Crippen LogP contribution in [0.3, 0.4) is 0 Å². The Balaban J connectivity index is 2.10. The highest BCUT2D eigenvalue weighted by molar-refractivity contribution is 7.12. The van der Waals surface area contributed by atoms with Gasteiger partial charge in [0, 0.05) is 6.04 Å². The molecule has 19 heavy (non-hydrogen) atoms. The summed E-state index contributed by atoms with van der Waals surface area (Å²) < 4.78 is 1.45. The van der Waals surface area contributed by atoms with Crippen molar-refractivity contribution in [3.05, 3.63) is 22.7 Å². The number of amides is 1. The standard InChI is InChI=1S/C11H15N5O2S/c1-7(5-8(2)17)13-11(18)10-9(3-4-19-10)16-6-12-14-15-16/h3-4,6-8,17H,5H2,1-2H3,(H,13,18). The second-order valence-electron chi connectivity index (χ2n) is 4.35. The van der Waals surface area contributed by atoms with Crippen molar-refractivity contribution in [1.29, 1.82) is 0 Å². The zero-order chi connectivity index (χ0) is 13.8. The van der Waals surface area contributed by atoms with E-state index < -0.39 is 6.10 Å². The van der Waals surface area contributed by atoms with E-state index in [-0.39, 0.29) is 11.9 Å². The van der Waals surface area contributed by atoms with Crippen molar-refractivity contribution in [3.8, 4) is 5.69 Å². The molecule has 2 heterocycles. The lowest BCUT2D eigenvalue weighted by Crippen LogP contribution is -2.34. The molecule has 2 N–H and O–H groups in total. The molecule has 0 aliphatic rings. The summed E-state index contributed by atoms with van der Waals surface area (Å²) >= 11 is 1.33. The Hall–Kier alpha value is -1.80. The molecular weight excluding hydrogens is 266 g/mol. The van der Waals surface area contributed by atoms with Crippen LogP contribution in [0.5, 0.6) is 0 Å². The van der Waals surface area contributed by atoms with Crippen LogP contribution in [0.2, 0.25) is 0 Å². The van der Waals surface area contributed by atoms with Crippen LogP contribution in [0.25, 0.3) is 5.69 Å². The Morgan fingerprint density at radius 3 is 3.00 bits per heavy atom. The van der Waals surface area contributed by atoms with Gasteiger partial charge in [0.05, 0.1) is 11.8 Å². The number of hydrogen-bond donors (Lipinski definition) is 2. The van der Waals surface area contributed by atoms with Crippen LogP contribution in [-0.2, 0) is 0 Å². The van der Waals surface area contributed by atoms with Crippen LogP contribution in [0, 0.1) is 0 Å². The van der Waals surface area contributed by atoms with Crippen LogP contribution in [-0.4, -0.2) is 43.4 Å². The van der Waals surface area contributed by atoms with Gasteiger partial charge in [0.2, 0.25) is 0 Å². The zero-order valence-electron chi connectivity index (χ0n) is 10.6. The minimum Gasteiger partial charge on any atom is -0.393 e. The second kappa shape index (κ2) is 5.89. The summed E-state index contributed by atoms with van der Waals surface area (Å²) in [5, 5.41) is 24.8. The maximum absolute atomic E-state index is 12.1. The van der Waals surface area contributed by atoms with Crippen molar-refractivity contribution in [1.82, 2.24) is 25.5 Å². The number of tetrazole rings is 1. The van der Waals surface area contributed by atoms with Gasteiger partial charge in [-0.25, -0.2) is 0 Å². The first-order valence-electron chi connectivity index (χ1n) is 5.87. The van der Waals surface area contributed by atoms with Gasteiger partial charge < -0.3 is 10.4 Å². The Kier molecular flexibility index (Phi) is 4.23. The van der Waals surface area contributed by atoms with Gasteiger partial charge in [-0.2, -0.15) is 4.68 Å². The number of rotatable bonds is 5. The molecule has 0 spiro atoms. The average Bonchev–Trinajstić information content (AvgIpc) is 2.98. The first-order valence-corrected chi connectivity index (χ1v) is 6.75. The van der Waals surface area contributed by atoms with E-state index in [0.717, 1.165) is 0 Å². The van der Waals surface area contributed by atoms with Crippen LogP contribution in [0.4, 0.5) is 0 Å². The monoisotopic (exact) mass is 281 g/mol. The maximum Gasteiger partial charge on any atom is 0.263 e. The predicted molar refractivity (Wildman–Crippen MR) is 70.3 cm³/mol. The quantitative estimate of drug-likeness (QED) is 0.837. The molecule has 0 radical (unpaired) electrons. The van der Waals surface area contributed by atoms with Gasteiger partial charge in [-0.3, -0.25) is 4.79 Å². The highest BCUT2D eigenvalue weighted by atomic mass is 32.1. The van der Waals surface area contributed by atoms with E-state index in [1.165, 1.54) is 22.3 Å². The van der Waals surface area contributed by atoms with Gasteiger partial charge in [0.25, 0.3) is 5.91 Å². The molecule has 0 aliphatic carbocycles. The molecule has 2 atom stereocenters. The van der Waals surface area contributed by atoms with Crippen molar-refractivity contribution in [3.63, 3.8) is 0 Å². The van der Waals surface area contributed by atoms with E-state index in [2.05, 4.69) is 20.8 Å². The van der Waals surface area contributed by atoms with Gasteiger partial charge in [0.1, 0.15) is 11.2 Å². The number of carbonyl (C=O) groups is 1. The molecule has 0 fully saturated rings. The number of nitrogens with one attached hydrogen (secondary N) is 1. The second-order valence-corrected chi connectivity index (χ2v) is 5.26. The first-order chi connectivity index (χ1) is 9.08. The van der Waals surface area contributed by atoms with Crippen molar-refractivity contribution in [2.24, 2.45) is 0 Å². The largest absolute Gasteiger partial charge is 0.393 e. The van der Waals surface area contributed by atoms with Gasteiger partial charge in [-0.15, -0.1) is 16.4 Å². The highest BCUT2D eigenvalue weighted by Gasteiger charge is 2.17. The summed E-state index contributed by atoms with van der Waals surface area (Å²) in [5.41, 5.74) is 0.650. The van der Waals surface area contributed by atoms with Crippen molar-refractivity contribution in [2.45, 2.75) is 32.4 Å². The normalized spacial score (nSPS) is 14.1. The van der Waals surface area contributed by atoms with Crippen LogP contribution in [0.15, 0.2) is 17.8 Å². The highest BCUT2D eigenvalue weighted by Crippen LogP contribution is 2.20. The predicted octanol–water partition coefficient (Wildman–Crippen LogP) is 0.613. The number of aliphatic hydroxyl groups is 1. The number of aliphatic hydroxyl groups excluding tert-OH is 1. The van der Waals surface area contributed by atoms with Gasteiger partial charge in [0.15, 0.2) is 0 Å². The molecule has 2 unspecified atom stereocenters. The number of nitrogens with zero attached hydrogens (tertiary/aromatic N) is 4. The Morgan fingerprint density at radius 1 is 1.58 bits per heavy atom. The molecule has 0 saturated heterocycles. The molecule has 0 bridgehead atoms. The van der Waals surface area contributed by atoms with Crippen molar-refractivity contribution in [2.75, 3.05) is 0 Å². The molecule has 2 rings (SSSR count). The van der Waals surface area contributed by atoms with E-state index >= 15 is 0 Å². The molecule has 8 heteroatoms. The van der Waals surface area contributed by atoms with E-state index in [1.807, 2.05) is 12.3 Å². The SMILES string of the molecule is CC(O)CC(C)NC(=O)c1sccc1-n1cnnn1. The fourth-order valence-electron chi connectivity index (χ4n) is 1.78. The average molecular weight is 281 g/mol. The van der Waals surface area contributed by atoms with Crippen LogP contribution >= 0.6 is 11.3 Å². The Bertz CT molecular complexity index is 537. The lowest BCUT2D eigenvalue weighted by molar-refractivity contribution is 0.0927. The molecule has 0 aromatic carbocycles. The van der Waals surface area contributed by atoms with Crippen molar-refractivity contribution >= 4 is 17.2 Å². The molecular formula is C11H15N5O2S. The molecule has 7 nitrogen and oxygen atoms in total. The van der Waals surface area contributed by atoms with Gasteiger partial charge >= 0.3 is 0 Å². The summed E-state index contributed by atoms with van der Waals surface area (Å²) in [5.74, 6) is -0.186. The molecule has 0 saturated carbocycles. The van der Waals surface area contributed by atoms with E-state index in [1.54, 1.807) is 13.0 Å². The molecule has 102 valence electrons. The Labute approximate surface area is 114 Å². The third kappa shape index (κ3) is 3.36. The summed E-state index contributed by atoms with van der Waals surface area (Å²) in [6.07, 6.45) is 1.51. The lowest BCUT2D eigenvalue weighted by Gasteiger charge is -2.15. The topological polar surface area (TPSA) is 92.9 Å². The smallest absolute Gasteiger partial charge is 0.263 e. The fourth-order valence-corrected chi connectivity index (χ4v) is 2.57. The zero-order valence-corrected chi connectivity index (χ0v) is 11.5. The molecule has 1 amide bonds. The van der Waals surface area contributed by atoms with Crippen LogP contribution < -0.4 is 5.32 Å². The number of carbonyl (C=O) groups excluding carboxylic acids is 1. The molecule has 2 aromatic rings. The lowest BCUT2D eigenvalue weighted by atomic mass is 10.1. The van der Waals surface area contributed by atoms with E-state index in [0.29, 0.717) is 17.0 Å². The number of hydrogen-bond acceptors (Lipinski definition) is 6. The van der Waals surface area contributed by atoms with Crippen LogP contribution in [0.1, 0.15) is 29.9 Å². The summed E-state index contributed by atoms with van der Waals surface area (Å²) in [6.45, 7) is 3.55. The van der Waals surface area contributed by atoms with E-state index in [9.17, 15) is 9.90 Å². The minimum atomic E-state index is -0.447. The number of aromatic nitrogens is 4. The minimum absolute atomic E-state index is 0.101. The third-order valence-electron chi connectivity index (χ3n) is 2.52. The first kappa shape index (κ1) is 13.6. The number of thiophene rings is 1. The van der Waals surface area contributed by atoms with Crippen molar-refractivity contribution < 1.29 is 9.90 Å². The summed E-state index contributed by atoms with van der Waals surface area (Å²) in [7, 11) is 0. The molecule has 2 aromatic heterocycles. The Morgan fingerprint density at radius 2 is 2.37 bits per heavy atom.